The van der Waals surface area contributed by atoms with E-state index in [9.17, 15) is 14.4 Å². The number of nitrogens with one attached hydrogen (secondary N) is 2. The Hall–Kier alpha value is -3.19. The van der Waals surface area contributed by atoms with Crippen LogP contribution in [0.2, 0.25) is 0 Å². The first kappa shape index (κ1) is 22.0. The number of rotatable bonds is 6. The molecule has 2 aromatic carbocycles. The van der Waals surface area contributed by atoms with E-state index in [4.69, 9.17) is 4.74 Å². The number of amides is 3. The number of benzene rings is 2. The van der Waals surface area contributed by atoms with Crippen LogP contribution in [0.25, 0.3) is 0 Å². The summed E-state index contributed by atoms with van der Waals surface area (Å²) in [5.74, 6) is -0.578. The van der Waals surface area contributed by atoms with E-state index in [1.807, 2.05) is 6.07 Å². The van der Waals surface area contributed by atoms with Crippen molar-refractivity contribution in [3.63, 3.8) is 0 Å². The number of carbonyl (C=O) groups excluding carboxylic acids is 3. The lowest BCUT2D eigenvalue weighted by atomic mass is 9.96. The molecule has 0 aromatic heterocycles. The Kier molecular flexibility index (Phi) is 7.17. The molecule has 2 aliphatic rings. The van der Waals surface area contributed by atoms with Crippen molar-refractivity contribution in [3.05, 3.63) is 65.7 Å². The first-order valence-corrected chi connectivity index (χ1v) is 11.3. The number of likely N-dealkylation sites (tertiary alicyclic amines) is 1. The van der Waals surface area contributed by atoms with Crippen LogP contribution in [0.5, 0.6) is 0 Å². The highest BCUT2D eigenvalue weighted by Gasteiger charge is 2.29. The SMILES string of the molecule is O=C(Nc1cccc(C(=O)N2CCCC(C(=O)NCC3CCCO3)C2)c1)c1ccccc1. The molecule has 168 valence electrons. The molecule has 0 radical (unpaired) electrons. The maximum absolute atomic E-state index is 13.1. The minimum Gasteiger partial charge on any atom is -0.376 e. The molecule has 2 fully saturated rings. The first-order valence-electron chi connectivity index (χ1n) is 11.3. The number of carbonyl (C=O) groups is 3. The third-order valence-corrected chi connectivity index (χ3v) is 6.01. The van der Waals surface area contributed by atoms with E-state index in [0.717, 1.165) is 32.3 Å². The molecular weight excluding hydrogens is 406 g/mol. The molecule has 0 aliphatic carbocycles. The van der Waals surface area contributed by atoms with E-state index in [1.54, 1.807) is 53.4 Å². The minimum absolute atomic E-state index is 0.0122. The maximum Gasteiger partial charge on any atom is 0.255 e. The molecule has 0 saturated carbocycles. The van der Waals surface area contributed by atoms with Crippen LogP contribution in [0.1, 0.15) is 46.4 Å². The Labute approximate surface area is 188 Å². The van der Waals surface area contributed by atoms with Gasteiger partial charge in [0.1, 0.15) is 0 Å². The number of piperidine rings is 1. The van der Waals surface area contributed by atoms with Gasteiger partial charge in [-0.15, -0.1) is 0 Å². The molecule has 2 aromatic rings. The zero-order valence-electron chi connectivity index (χ0n) is 18.1. The number of anilines is 1. The molecule has 32 heavy (non-hydrogen) atoms. The molecule has 7 nitrogen and oxygen atoms in total. The van der Waals surface area contributed by atoms with E-state index in [2.05, 4.69) is 10.6 Å². The average molecular weight is 436 g/mol. The molecule has 2 saturated heterocycles. The third-order valence-electron chi connectivity index (χ3n) is 6.01. The highest BCUT2D eigenvalue weighted by Crippen LogP contribution is 2.21. The Bertz CT molecular complexity index is 957. The smallest absolute Gasteiger partial charge is 0.255 e. The summed E-state index contributed by atoms with van der Waals surface area (Å²) in [6, 6.07) is 15.9. The monoisotopic (exact) mass is 435 g/mol. The fourth-order valence-corrected chi connectivity index (χ4v) is 4.25. The summed E-state index contributed by atoms with van der Waals surface area (Å²) in [4.78, 5) is 39.9. The largest absolute Gasteiger partial charge is 0.376 e. The van der Waals surface area contributed by atoms with Gasteiger partial charge in [-0.25, -0.2) is 0 Å². The molecule has 0 bridgehead atoms. The summed E-state index contributed by atoms with van der Waals surface area (Å²) in [5, 5.41) is 5.83. The van der Waals surface area contributed by atoms with Gasteiger partial charge >= 0.3 is 0 Å². The molecule has 2 aliphatic heterocycles. The van der Waals surface area contributed by atoms with Crippen LogP contribution in [0.3, 0.4) is 0 Å². The summed E-state index contributed by atoms with van der Waals surface area (Å²) >= 11 is 0. The average Bonchev–Trinajstić information content (AvgIpc) is 3.36. The molecular formula is C25H29N3O4. The van der Waals surface area contributed by atoms with Crippen molar-refractivity contribution in [3.8, 4) is 0 Å². The van der Waals surface area contributed by atoms with E-state index in [0.29, 0.717) is 36.4 Å². The van der Waals surface area contributed by atoms with Gasteiger partial charge in [0.2, 0.25) is 5.91 Å². The number of ether oxygens (including phenoxy) is 1. The molecule has 2 N–H and O–H groups in total. The summed E-state index contributed by atoms with van der Waals surface area (Å²) in [7, 11) is 0. The quantitative estimate of drug-likeness (QED) is 0.730. The Morgan fingerprint density at radius 2 is 1.78 bits per heavy atom. The van der Waals surface area contributed by atoms with Crippen LogP contribution in [-0.4, -0.2) is 55.0 Å². The fourth-order valence-electron chi connectivity index (χ4n) is 4.25. The summed E-state index contributed by atoms with van der Waals surface area (Å²) < 4.78 is 5.57. The Morgan fingerprint density at radius 3 is 2.56 bits per heavy atom. The van der Waals surface area contributed by atoms with Crippen molar-refractivity contribution in [1.82, 2.24) is 10.2 Å². The molecule has 7 heteroatoms. The highest BCUT2D eigenvalue weighted by molar-refractivity contribution is 6.05. The Morgan fingerprint density at radius 1 is 0.969 bits per heavy atom. The normalized spacial score (nSPS) is 20.6. The first-order chi connectivity index (χ1) is 15.6. The zero-order chi connectivity index (χ0) is 22.3. The lowest BCUT2D eigenvalue weighted by molar-refractivity contribution is -0.126. The summed E-state index contributed by atoms with van der Waals surface area (Å²) in [6.45, 7) is 2.31. The van der Waals surface area contributed by atoms with Gasteiger partial charge in [0, 0.05) is 43.1 Å². The van der Waals surface area contributed by atoms with Crippen molar-refractivity contribution >= 4 is 23.4 Å². The molecule has 3 amide bonds. The lowest BCUT2D eigenvalue weighted by Gasteiger charge is -2.32. The van der Waals surface area contributed by atoms with E-state index < -0.39 is 0 Å². The molecule has 4 rings (SSSR count). The van der Waals surface area contributed by atoms with Crippen molar-refractivity contribution in [2.24, 2.45) is 5.92 Å². The molecule has 2 atom stereocenters. The van der Waals surface area contributed by atoms with Crippen LogP contribution in [0.15, 0.2) is 54.6 Å². The summed E-state index contributed by atoms with van der Waals surface area (Å²) in [5.41, 5.74) is 1.61. The van der Waals surface area contributed by atoms with E-state index >= 15 is 0 Å². The van der Waals surface area contributed by atoms with Gasteiger partial charge in [0.25, 0.3) is 11.8 Å². The van der Waals surface area contributed by atoms with Crippen LogP contribution in [-0.2, 0) is 9.53 Å². The van der Waals surface area contributed by atoms with Crippen molar-refractivity contribution in [2.45, 2.75) is 31.8 Å². The number of hydrogen-bond donors (Lipinski definition) is 2. The van der Waals surface area contributed by atoms with Crippen molar-refractivity contribution in [1.29, 1.82) is 0 Å². The number of hydrogen-bond acceptors (Lipinski definition) is 4. The Balaban J connectivity index is 1.35. The van der Waals surface area contributed by atoms with Gasteiger partial charge in [-0.1, -0.05) is 24.3 Å². The second kappa shape index (κ2) is 10.4. The van der Waals surface area contributed by atoms with Gasteiger partial charge in [-0.05, 0) is 56.0 Å². The number of nitrogens with zero attached hydrogens (tertiary/aromatic N) is 1. The van der Waals surface area contributed by atoms with Crippen LogP contribution in [0, 0.1) is 5.92 Å². The lowest BCUT2D eigenvalue weighted by Crippen LogP contribution is -2.46. The van der Waals surface area contributed by atoms with E-state index in [1.165, 1.54) is 0 Å². The minimum atomic E-state index is -0.226. The standard InChI is InChI=1S/C25H29N3O4/c29-23(26-16-22-12-6-14-32-22)20-10-5-13-28(17-20)25(31)19-9-4-11-21(15-19)27-24(30)18-7-2-1-3-8-18/h1-4,7-9,11,15,20,22H,5-6,10,12-14,16-17H2,(H,26,29)(H,27,30). The predicted octanol–water partition coefficient (Wildman–Crippen LogP) is 3.09. The van der Waals surface area contributed by atoms with Gasteiger partial charge in [0.15, 0.2) is 0 Å². The fraction of sp³-hybridized carbons (Fsp3) is 0.400. The van der Waals surface area contributed by atoms with Crippen LogP contribution < -0.4 is 10.6 Å². The van der Waals surface area contributed by atoms with Gasteiger partial charge in [-0.2, -0.15) is 0 Å². The van der Waals surface area contributed by atoms with Crippen LogP contribution >= 0.6 is 0 Å². The van der Waals surface area contributed by atoms with Gasteiger partial charge in [0.05, 0.1) is 12.0 Å². The second-order valence-electron chi connectivity index (χ2n) is 8.37. The summed E-state index contributed by atoms with van der Waals surface area (Å²) in [6.07, 6.45) is 3.68. The highest BCUT2D eigenvalue weighted by atomic mass is 16.5. The van der Waals surface area contributed by atoms with E-state index in [-0.39, 0.29) is 29.7 Å². The third kappa shape index (κ3) is 5.53. The molecule has 2 unspecified atom stereocenters. The molecule has 0 spiro atoms. The van der Waals surface area contributed by atoms with Crippen LogP contribution in [0.4, 0.5) is 5.69 Å². The topological polar surface area (TPSA) is 87.7 Å². The zero-order valence-corrected chi connectivity index (χ0v) is 18.1. The second-order valence-corrected chi connectivity index (χ2v) is 8.37. The predicted molar refractivity (Wildman–Crippen MR) is 121 cm³/mol. The van der Waals surface area contributed by atoms with Gasteiger partial charge in [-0.3, -0.25) is 14.4 Å². The molecule has 2 heterocycles. The van der Waals surface area contributed by atoms with Gasteiger partial charge < -0.3 is 20.3 Å². The van der Waals surface area contributed by atoms with Crippen molar-refractivity contribution < 1.29 is 19.1 Å². The van der Waals surface area contributed by atoms with Crippen molar-refractivity contribution in [2.75, 3.05) is 31.6 Å². The maximum atomic E-state index is 13.1.